The number of phenolic OH excluding ortho intramolecular Hbond substituents is 1. The number of anilines is 1. The Labute approximate surface area is 136 Å². The van der Waals surface area contributed by atoms with Crippen molar-refractivity contribution >= 4 is 22.4 Å². The molecule has 2 N–H and O–H groups in total. The van der Waals surface area contributed by atoms with Crippen LogP contribution >= 0.6 is 11.3 Å². The standard InChI is InChI=1S/C17H11N3O2S/c18-9-11-4-6-12(7-5-11)16(22)20-17-19-15(10-23-17)13-2-1-3-14(21)8-13/h1-8,10,21H,(H,19,20,22). The predicted octanol–water partition coefficient (Wildman–Crippen LogP) is 3.64. The van der Waals surface area contributed by atoms with Crippen molar-refractivity contribution in [1.82, 2.24) is 4.98 Å². The molecule has 0 radical (unpaired) electrons. The topological polar surface area (TPSA) is 86.0 Å². The molecule has 0 fully saturated rings. The fourth-order valence-corrected chi connectivity index (χ4v) is 2.71. The van der Waals surface area contributed by atoms with Crippen molar-refractivity contribution in [3.63, 3.8) is 0 Å². The first-order valence-electron chi connectivity index (χ1n) is 6.72. The van der Waals surface area contributed by atoms with Crippen LogP contribution in [-0.4, -0.2) is 16.0 Å². The molecule has 5 nitrogen and oxygen atoms in total. The van der Waals surface area contributed by atoms with Gasteiger partial charge in [-0.15, -0.1) is 11.3 Å². The largest absolute Gasteiger partial charge is 0.508 e. The molecule has 0 saturated carbocycles. The Morgan fingerprint density at radius 1 is 1.22 bits per heavy atom. The number of hydrogen-bond acceptors (Lipinski definition) is 5. The van der Waals surface area contributed by atoms with E-state index in [-0.39, 0.29) is 11.7 Å². The van der Waals surface area contributed by atoms with Gasteiger partial charge in [-0.05, 0) is 36.4 Å². The molecular weight excluding hydrogens is 310 g/mol. The van der Waals surface area contributed by atoms with E-state index in [1.165, 1.54) is 11.3 Å². The van der Waals surface area contributed by atoms with E-state index in [0.717, 1.165) is 5.56 Å². The number of hydrogen-bond donors (Lipinski definition) is 2. The molecule has 0 bridgehead atoms. The lowest BCUT2D eigenvalue weighted by Crippen LogP contribution is -2.11. The van der Waals surface area contributed by atoms with Crippen LogP contribution in [0, 0.1) is 11.3 Å². The van der Waals surface area contributed by atoms with Gasteiger partial charge in [0.25, 0.3) is 5.91 Å². The van der Waals surface area contributed by atoms with Gasteiger partial charge in [-0.1, -0.05) is 12.1 Å². The molecule has 3 rings (SSSR count). The van der Waals surface area contributed by atoms with Gasteiger partial charge in [0.1, 0.15) is 5.75 Å². The molecule has 23 heavy (non-hydrogen) atoms. The molecule has 1 aromatic heterocycles. The number of carbonyl (C=O) groups is 1. The first-order chi connectivity index (χ1) is 11.2. The number of nitrogens with zero attached hydrogens (tertiary/aromatic N) is 2. The molecule has 3 aromatic rings. The Morgan fingerprint density at radius 3 is 2.70 bits per heavy atom. The number of nitrogens with one attached hydrogen (secondary N) is 1. The second-order valence-electron chi connectivity index (χ2n) is 4.73. The molecule has 1 heterocycles. The third kappa shape index (κ3) is 3.36. The summed E-state index contributed by atoms with van der Waals surface area (Å²) in [5, 5.41) is 23.3. The maximum Gasteiger partial charge on any atom is 0.257 e. The predicted molar refractivity (Wildman–Crippen MR) is 88.3 cm³/mol. The number of carbonyl (C=O) groups excluding carboxylic acids is 1. The molecule has 0 atom stereocenters. The molecule has 0 aliphatic heterocycles. The van der Waals surface area contributed by atoms with Gasteiger partial charge >= 0.3 is 0 Å². The molecule has 0 unspecified atom stereocenters. The Balaban J connectivity index is 1.76. The summed E-state index contributed by atoms with van der Waals surface area (Å²) < 4.78 is 0. The first kappa shape index (κ1) is 14.8. The van der Waals surface area contributed by atoms with Gasteiger partial charge in [-0.3, -0.25) is 10.1 Å². The zero-order valence-corrected chi connectivity index (χ0v) is 12.7. The van der Waals surface area contributed by atoms with Gasteiger partial charge in [0.15, 0.2) is 5.13 Å². The SMILES string of the molecule is N#Cc1ccc(C(=O)Nc2nc(-c3cccc(O)c3)cs2)cc1. The summed E-state index contributed by atoms with van der Waals surface area (Å²) in [5.74, 6) is -0.120. The van der Waals surface area contributed by atoms with Crippen LogP contribution in [0.2, 0.25) is 0 Å². The summed E-state index contributed by atoms with van der Waals surface area (Å²) in [6.45, 7) is 0. The van der Waals surface area contributed by atoms with Crippen molar-refractivity contribution in [2.75, 3.05) is 5.32 Å². The van der Waals surface area contributed by atoms with Gasteiger partial charge in [-0.25, -0.2) is 4.98 Å². The van der Waals surface area contributed by atoms with E-state index in [2.05, 4.69) is 10.3 Å². The first-order valence-corrected chi connectivity index (χ1v) is 7.60. The summed E-state index contributed by atoms with van der Waals surface area (Å²) in [7, 11) is 0. The monoisotopic (exact) mass is 321 g/mol. The lowest BCUT2D eigenvalue weighted by molar-refractivity contribution is 0.102. The second kappa shape index (κ2) is 6.30. The van der Waals surface area contributed by atoms with Gasteiger partial charge in [0.05, 0.1) is 17.3 Å². The molecule has 2 aromatic carbocycles. The summed E-state index contributed by atoms with van der Waals surface area (Å²) in [6.07, 6.45) is 0. The van der Waals surface area contributed by atoms with Gasteiger partial charge in [-0.2, -0.15) is 5.26 Å². The van der Waals surface area contributed by atoms with E-state index >= 15 is 0 Å². The van der Waals surface area contributed by atoms with Crippen LogP contribution < -0.4 is 5.32 Å². The smallest absolute Gasteiger partial charge is 0.257 e. The van der Waals surface area contributed by atoms with E-state index in [1.54, 1.807) is 42.5 Å². The average Bonchev–Trinajstić information content (AvgIpc) is 3.03. The molecule has 0 aliphatic rings. The number of aromatic nitrogens is 1. The average molecular weight is 321 g/mol. The van der Waals surface area contributed by atoms with Crippen LogP contribution in [0.1, 0.15) is 15.9 Å². The highest BCUT2D eigenvalue weighted by molar-refractivity contribution is 7.14. The Bertz CT molecular complexity index is 895. The van der Waals surface area contributed by atoms with Crippen molar-refractivity contribution in [2.45, 2.75) is 0 Å². The fourth-order valence-electron chi connectivity index (χ4n) is 1.99. The highest BCUT2D eigenvalue weighted by Gasteiger charge is 2.10. The van der Waals surface area contributed by atoms with Gasteiger partial charge in [0, 0.05) is 16.5 Å². The number of benzene rings is 2. The van der Waals surface area contributed by atoms with Crippen molar-refractivity contribution < 1.29 is 9.90 Å². The van der Waals surface area contributed by atoms with Crippen molar-refractivity contribution in [3.8, 4) is 23.1 Å². The second-order valence-corrected chi connectivity index (χ2v) is 5.59. The van der Waals surface area contributed by atoms with Crippen molar-refractivity contribution in [3.05, 3.63) is 65.0 Å². The fraction of sp³-hybridized carbons (Fsp3) is 0. The number of aromatic hydroxyl groups is 1. The summed E-state index contributed by atoms with van der Waals surface area (Å²) >= 11 is 1.30. The Kier molecular flexibility index (Phi) is 4.04. The molecular formula is C17H11N3O2S. The van der Waals surface area contributed by atoms with Crippen molar-refractivity contribution in [2.24, 2.45) is 0 Å². The number of amides is 1. The van der Waals surface area contributed by atoms with Crippen LogP contribution in [0.15, 0.2) is 53.9 Å². The number of thiazole rings is 1. The zero-order chi connectivity index (χ0) is 16.2. The summed E-state index contributed by atoms with van der Waals surface area (Å²) in [6, 6.07) is 15.1. The highest BCUT2D eigenvalue weighted by Crippen LogP contribution is 2.27. The number of phenols is 1. The normalized spacial score (nSPS) is 10.0. The minimum atomic E-state index is -0.286. The third-order valence-corrected chi connectivity index (χ3v) is 3.90. The van der Waals surface area contributed by atoms with Crippen LogP contribution in [0.5, 0.6) is 5.75 Å². The van der Waals surface area contributed by atoms with Crippen LogP contribution in [0.25, 0.3) is 11.3 Å². The minimum Gasteiger partial charge on any atom is -0.508 e. The van der Waals surface area contributed by atoms with Crippen LogP contribution in [0.3, 0.4) is 0 Å². The number of rotatable bonds is 3. The lowest BCUT2D eigenvalue weighted by Gasteiger charge is -2.01. The van der Waals surface area contributed by atoms with Crippen LogP contribution in [-0.2, 0) is 0 Å². The summed E-state index contributed by atoms with van der Waals surface area (Å²) in [5.41, 5.74) is 2.42. The summed E-state index contributed by atoms with van der Waals surface area (Å²) in [4.78, 5) is 16.5. The maximum atomic E-state index is 12.1. The molecule has 1 amide bonds. The maximum absolute atomic E-state index is 12.1. The minimum absolute atomic E-state index is 0.165. The van der Waals surface area contributed by atoms with E-state index in [1.807, 2.05) is 17.5 Å². The molecule has 6 heteroatoms. The molecule has 112 valence electrons. The zero-order valence-electron chi connectivity index (χ0n) is 11.9. The van der Waals surface area contributed by atoms with E-state index in [4.69, 9.17) is 5.26 Å². The third-order valence-electron chi connectivity index (χ3n) is 3.14. The lowest BCUT2D eigenvalue weighted by atomic mass is 10.1. The Morgan fingerprint density at radius 2 is 2.00 bits per heavy atom. The number of nitriles is 1. The van der Waals surface area contributed by atoms with Crippen molar-refractivity contribution in [1.29, 1.82) is 5.26 Å². The van der Waals surface area contributed by atoms with E-state index < -0.39 is 0 Å². The molecule has 0 spiro atoms. The van der Waals surface area contributed by atoms with Gasteiger partial charge in [0.2, 0.25) is 0 Å². The quantitative estimate of drug-likeness (QED) is 0.771. The molecule has 0 aliphatic carbocycles. The highest BCUT2D eigenvalue weighted by atomic mass is 32.1. The van der Waals surface area contributed by atoms with E-state index in [9.17, 15) is 9.90 Å². The Hall–Kier alpha value is -3.17. The van der Waals surface area contributed by atoms with Gasteiger partial charge < -0.3 is 5.11 Å². The molecule has 0 saturated heterocycles. The van der Waals surface area contributed by atoms with Crippen LogP contribution in [0.4, 0.5) is 5.13 Å². The van der Waals surface area contributed by atoms with E-state index in [0.29, 0.717) is 22.0 Å².